The van der Waals surface area contributed by atoms with E-state index in [0.29, 0.717) is 12.8 Å². The van der Waals surface area contributed by atoms with E-state index < -0.39 is 40.0 Å². The smallest absolute Gasteiger partial charge is 0.331 e. The summed E-state index contributed by atoms with van der Waals surface area (Å²) in [5.41, 5.74) is 4.63. The first-order valence-corrected chi connectivity index (χ1v) is 14.0. The van der Waals surface area contributed by atoms with Gasteiger partial charge in [-0.15, -0.1) is 0 Å². The van der Waals surface area contributed by atoms with Crippen LogP contribution in [0.1, 0.15) is 45.1 Å². The average molecular weight is 541 g/mol. The molecule has 0 spiro atoms. The molecular weight excluding hydrogens is 508 g/mol. The number of urea groups is 1. The lowest BCUT2D eigenvalue weighted by molar-refractivity contribution is -0.131. The van der Waals surface area contributed by atoms with Gasteiger partial charge in [-0.1, -0.05) is 38.1 Å². The van der Waals surface area contributed by atoms with Crippen molar-refractivity contribution in [3.05, 3.63) is 60.4 Å². The Morgan fingerprint density at radius 1 is 1.13 bits per heavy atom. The van der Waals surface area contributed by atoms with Crippen LogP contribution in [0.3, 0.4) is 0 Å². The van der Waals surface area contributed by atoms with Crippen LogP contribution < -0.4 is 16.1 Å². The van der Waals surface area contributed by atoms with Crippen LogP contribution in [-0.2, 0) is 19.6 Å². The predicted octanol–water partition coefficient (Wildman–Crippen LogP) is 2.71. The summed E-state index contributed by atoms with van der Waals surface area (Å²) in [5, 5.41) is 6.38. The third-order valence-corrected chi connectivity index (χ3v) is 8.06. The number of carbonyl (C=O) groups is 3. The van der Waals surface area contributed by atoms with Gasteiger partial charge in [0.05, 0.1) is 5.69 Å². The van der Waals surface area contributed by atoms with Crippen LogP contribution in [-0.4, -0.2) is 59.2 Å². The fourth-order valence-corrected chi connectivity index (χ4v) is 5.87. The number of hydrogen-bond donors (Lipinski definition) is 3. The van der Waals surface area contributed by atoms with Crippen molar-refractivity contribution < 1.29 is 22.8 Å². The van der Waals surface area contributed by atoms with Gasteiger partial charge in [-0.05, 0) is 49.5 Å². The maximum atomic E-state index is 13.5. The van der Waals surface area contributed by atoms with Gasteiger partial charge in [-0.25, -0.2) is 23.2 Å². The third kappa shape index (κ3) is 6.20. The SMILES string of the molecule is CC(C)CC(NC(=O)N1C=Cc2ccccc2N1)C(=O)N[C@@H]1C(=O)CCCCN1S(=O)(=O)c1ccccn1. The second-order valence-electron chi connectivity index (χ2n) is 9.63. The first-order valence-electron chi connectivity index (χ1n) is 12.6. The van der Waals surface area contributed by atoms with E-state index in [-0.39, 0.29) is 30.3 Å². The fraction of sp³-hybridized carbons (Fsp3) is 0.385. The van der Waals surface area contributed by atoms with Crippen molar-refractivity contribution >= 4 is 39.5 Å². The number of hydrogen-bond acceptors (Lipinski definition) is 7. The number of fused-ring (bicyclic) bond motifs is 1. The number of amides is 3. The Morgan fingerprint density at radius 2 is 1.89 bits per heavy atom. The minimum atomic E-state index is -4.16. The molecule has 202 valence electrons. The van der Waals surface area contributed by atoms with E-state index in [2.05, 4.69) is 21.0 Å². The first kappa shape index (κ1) is 27.3. The Morgan fingerprint density at radius 3 is 2.63 bits per heavy atom. The summed E-state index contributed by atoms with van der Waals surface area (Å²) in [4.78, 5) is 43.5. The van der Waals surface area contributed by atoms with Crippen molar-refractivity contribution in [2.45, 2.75) is 56.8 Å². The van der Waals surface area contributed by atoms with Crippen molar-refractivity contribution in [2.75, 3.05) is 12.0 Å². The molecule has 3 amide bonds. The zero-order valence-electron chi connectivity index (χ0n) is 21.3. The zero-order chi connectivity index (χ0) is 27.3. The van der Waals surface area contributed by atoms with E-state index in [1.165, 1.54) is 17.3 Å². The predicted molar refractivity (Wildman–Crippen MR) is 142 cm³/mol. The summed E-state index contributed by atoms with van der Waals surface area (Å²) >= 11 is 0. The molecule has 11 nitrogen and oxygen atoms in total. The maximum absolute atomic E-state index is 13.5. The Bertz CT molecular complexity index is 1310. The molecular formula is C26H32N6O5S. The minimum absolute atomic E-state index is 0.0230. The van der Waals surface area contributed by atoms with E-state index in [1.807, 2.05) is 38.1 Å². The lowest BCUT2D eigenvalue weighted by Gasteiger charge is -2.31. The van der Waals surface area contributed by atoms with Crippen LogP contribution in [0.15, 0.2) is 59.9 Å². The number of hydrazine groups is 1. The number of nitrogens with one attached hydrogen (secondary N) is 3. The van der Waals surface area contributed by atoms with Crippen molar-refractivity contribution in [1.82, 2.24) is 24.9 Å². The monoisotopic (exact) mass is 540 g/mol. The van der Waals surface area contributed by atoms with Gasteiger partial charge in [0.2, 0.25) is 5.91 Å². The molecule has 3 N–H and O–H groups in total. The molecule has 2 aliphatic heterocycles. The van der Waals surface area contributed by atoms with Crippen LogP contribution in [0.4, 0.5) is 10.5 Å². The summed E-state index contributed by atoms with van der Waals surface area (Å²) in [5.74, 6) is -1.04. The van der Waals surface area contributed by atoms with Crippen molar-refractivity contribution in [1.29, 1.82) is 0 Å². The van der Waals surface area contributed by atoms with Crippen molar-refractivity contribution in [3.8, 4) is 0 Å². The minimum Gasteiger partial charge on any atom is -0.331 e. The van der Waals surface area contributed by atoms with Crippen LogP contribution >= 0.6 is 0 Å². The molecule has 1 aromatic carbocycles. The van der Waals surface area contributed by atoms with E-state index in [0.717, 1.165) is 15.6 Å². The molecule has 0 aliphatic carbocycles. The van der Waals surface area contributed by atoms with Gasteiger partial charge < -0.3 is 10.6 Å². The molecule has 12 heteroatoms. The normalized spacial score (nSPS) is 18.8. The number of nitrogens with zero attached hydrogens (tertiary/aromatic N) is 3. The zero-order valence-corrected chi connectivity index (χ0v) is 22.1. The number of pyridine rings is 1. The highest BCUT2D eigenvalue weighted by atomic mass is 32.2. The van der Waals surface area contributed by atoms with Gasteiger partial charge in [0, 0.05) is 30.9 Å². The lowest BCUT2D eigenvalue weighted by Crippen LogP contribution is -2.59. The molecule has 1 unspecified atom stereocenters. The number of rotatable bonds is 7. The summed E-state index contributed by atoms with van der Waals surface area (Å²) in [7, 11) is -4.16. The largest absolute Gasteiger partial charge is 0.340 e. The lowest BCUT2D eigenvalue weighted by atomic mass is 10.0. The van der Waals surface area contributed by atoms with Gasteiger partial charge in [0.15, 0.2) is 17.0 Å². The highest BCUT2D eigenvalue weighted by molar-refractivity contribution is 7.89. The molecule has 1 fully saturated rings. The van der Waals surface area contributed by atoms with E-state index in [1.54, 1.807) is 24.4 Å². The summed E-state index contributed by atoms with van der Waals surface area (Å²) in [6.07, 6.45) is 4.65. The van der Waals surface area contributed by atoms with Crippen LogP contribution in [0.5, 0.6) is 0 Å². The Labute approximate surface area is 222 Å². The number of anilines is 1. The molecule has 0 radical (unpaired) electrons. The summed E-state index contributed by atoms with van der Waals surface area (Å²) in [6, 6.07) is 10.4. The highest BCUT2D eigenvalue weighted by Gasteiger charge is 2.40. The molecule has 1 saturated heterocycles. The number of aromatic nitrogens is 1. The molecule has 38 heavy (non-hydrogen) atoms. The van der Waals surface area contributed by atoms with Gasteiger partial charge in [-0.2, -0.15) is 4.31 Å². The summed E-state index contributed by atoms with van der Waals surface area (Å²) < 4.78 is 27.8. The van der Waals surface area contributed by atoms with Gasteiger partial charge >= 0.3 is 6.03 Å². The molecule has 3 heterocycles. The van der Waals surface area contributed by atoms with Crippen molar-refractivity contribution in [2.24, 2.45) is 5.92 Å². The second-order valence-corrected chi connectivity index (χ2v) is 11.5. The van der Waals surface area contributed by atoms with E-state index >= 15 is 0 Å². The number of benzene rings is 1. The number of para-hydroxylation sites is 1. The molecule has 2 atom stereocenters. The molecule has 0 bridgehead atoms. The summed E-state index contributed by atoms with van der Waals surface area (Å²) in [6.45, 7) is 3.85. The molecule has 0 saturated carbocycles. The fourth-order valence-electron chi connectivity index (χ4n) is 4.37. The molecule has 2 aromatic rings. The molecule has 2 aliphatic rings. The third-order valence-electron chi connectivity index (χ3n) is 6.28. The average Bonchev–Trinajstić information content (AvgIpc) is 3.09. The Balaban J connectivity index is 1.53. The highest BCUT2D eigenvalue weighted by Crippen LogP contribution is 2.23. The van der Waals surface area contributed by atoms with Crippen LogP contribution in [0.2, 0.25) is 0 Å². The number of sulfonamides is 1. The van der Waals surface area contributed by atoms with E-state index in [9.17, 15) is 22.8 Å². The topological polar surface area (TPSA) is 141 Å². The Kier molecular flexibility index (Phi) is 8.42. The molecule has 4 rings (SSSR count). The van der Waals surface area contributed by atoms with Gasteiger partial charge in [0.25, 0.3) is 10.0 Å². The second kappa shape index (κ2) is 11.7. The maximum Gasteiger partial charge on any atom is 0.340 e. The quantitative estimate of drug-likeness (QED) is 0.490. The number of ketones is 1. The standard InChI is InChI=1S/C26H32N6O5S/c1-18(2)17-21(28-26(35)31-16-13-19-9-3-4-10-20(19)30-31)25(34)29-24-22(33)11-6-8-15-32(24)38(36,37)23-12-5-7-14-27-23/h3-5,7,9-10,12-14,16,18,21,24,30H,6,8,11,15,17H2,1-2H3,(H,28,35)(H,29,34)/t21?,24-/m0/s1. The molecule has 1 aromatic heterocycles. The van der Waals surface area contributed by atoms with Gasteiger partial charge in [0.1, 0.15) is 6.04 Å². The van der Waals surface area contributed by atoms with Gasteiger partial charge in [-0.3, -0.25) is 15.0 Å². The van der Waals surface area contributed by atoms with Crippen LogP contribution in [0, 0.1) is 5.92 Å². The van der Waals surface area contributed by atoms with Crippen LogP contribution in [0.25, 0.3) is 6.08 Å². The Hall–Kier alpha value is -3.77. The van der Waals surface area contributed by atoms with Crippen molar-refractivity contribution in [3.63, 3.8) is 0 Å². The van der Waals surface area contributed by atoms with E-state index in [4.69, 9.17) is 0 Å². The number of carbonyl (C=O) groups excluding carboxylic acids is 3. The number of Topliss-reactive ketones (excluding diaryl/α,β-unsaturated/α-hetero) is 1. The first-order chi connectivity index (χ1) is 18.2.